The van der Waals surface area contributed by atoms with Gasteiger partial charge in [0.25, 0.3) is 0 Å². The second kappa shape index (κ2) is 5.39. The zero-order valence-electron chi connectivity index (χ0n) is 10.8. The maximum atomic E-state index is 4.81. The average molecular weight is 281 g/mol. The lowest BCUT2D eigenvalue weighted by Crippen LogP contribution is -2.27. The highest BCUT2D eigenvalue weighted by molar-refractivity contribution is 8.07. The molecule has 2 aliphatic rings. The number of thioether (sulfide) groups is 2. The van der Waals surface area contributed by atoms with E-state index in [0.717, 1.165) is 36.3 Å². The Hall–Kier alpha value is -0.260. The van der Waals surface area contributed by atoms with Crippen LogP contribution in [-0.4, -0.2) is 32.8 Å². The van der Waals surface area contributed by atoms with Crippen molar-refractivity contribution >= 4 is 23.5 Å². The van der Waals surface area contributed by atoms with E-state index < -0.39 is 0 Å². The third kappa shape index (κ3) is 2.53. The third-order valence-electron chi connectivity index (χ3n) is 3.67. The van der Waals surface area contributed by atoms with Crippen LogP contribution in [0.5, 0.6) is 0 Å². The quantitative estimate of drug-likeness (QED) is 0.856. The molecule has 0 saturated carbocycles. The van der Waals surface area contributed by atoms with E-state index in [1.54, 1.807) is 0 Å². The molecule has 1 N–H and O–H groups in total. The number of nitrogens with zero attached hydrogens (tertiary/aromatic N) is 2. The Morgan fingerprint density at radius 1 is 1.33 bits per heavy atom. The summed E-state index contributed by atoms with van der Waals surface area (Å²) >= 11 is 4.09. The molecular weight excluding hydrogens is 262 g/mol. The molecule has 3 nitrogen and oxygen atoms in total. The van der Waals surface area contributed by atoms with Gasteiger partial charge in [-0.1, -0.05) is 13.8 Å². The van der Waals surface area contributed by atoms with Crippen LogP contribution < -0.4 is 5.32 Å². The van der Waals surface area contributed by atoms with Gasteiger partial charge in [-0.15, -0.1) is 11.8 Å². The van der Waals surface area contributed by atoms with E-state index in [1.165, 1.54) is 11.3 Å². The fourth-order valence-electron chi connectivity index (χ4n) is 2.33. The number of hydrogen-bond donors (Lipinski definition) is 1. The van der Waals surface area contributed by atoms with Crippen LogP contribution in [0, 0.1) is 0 Å². The molecule has 0 aliphatic carbocycles. The summed E-state index contributed by atoms with van der Waals surface area (Å²) in [5, 5.41) is 5.27. The van der Waals surface area contributed by atoms with Gasteiger partial charge in [0.15, 0.2) is 0 Å². The molecule has 18 heavy (non-hydrogen) atoms. The maximum Gasteiger partial charge on any atom is 0.142 e. The van der Waals surface area contributed by atoms with Crippen molar-refractivity contribution in [3.05, 3.63) is 23.3 Å². The van der Waals surface area contributed by atoms with Crippen molar-refractivity contribution in [1.82, 2.24) is 15.3 Å². The van der Waals surface area contributed by atoms with Crippen molar-refractivity contribution in [2.75, 3.05) is 12.3 Å². The van der Waals surface area contributed by atoms with Gasteiger partial charge in [0, 0.05) is 53.2 Å². The molecule has 3 atom stereocenters. The first-order chi connectivity index (χ1) is 8.74. The van der Waals surface area contributed by atoms with Gasteiger partial charge in [-0.25, -0.2) is 9.97 Å². The number of aromatic nitrogens is 2. The summed E-state index contributed by atoms with van der Waals surface area (Å²) in [6, 6.07) is 0. The van der Waals surface area contributed by atoms with Crippen molar-refractivity contribution in [2.24, 2.45) is 0 Å². The normalized spacial score (nSPS) is 32.0. The van der Waals surface area contributed by atoms with Gasteiger partial charge in [0.05, 0.1) is 5.25 Å². The maximum absolute atomic E-state index is 4.81. The third-order valence-corrected chi connectivity index (χ3v) is 7.05. The van der Waals surface area contributed by atoms with Crippen molar-refractivity contribution in [1.29, 1.82) is 0 Å². The molecule has 0 bridgehead atoms. The summed E-state index contributed by atoms with van der Waals surface area (Å²) in [5.41, 5.74) is 2.54. The van der Waals surface area contributed by atoms with E-state index in [9.17, 15) is 0 Å². The summed E-state index contributed by atoms with van der Waals surface area (Å²) in [5.74, 6) is 2.19. The Morgan fingerprint density at radius 3 is 3.06 bits per heavy atom. The average Bonchev–Trinajstić information content (AvgIpc) is 2.41. The first-order valence-corrected chi connectivity index (χ1v) is 8.55. The van der Waals surface area contributed by atoms with Crippen LogP contribution in [0.4, 0.5) is 0 Å². The molecule has 5 heteroatoms. The lowest BCUT2D eigenvalue weighted by Gasteiger charge is -2.30. The molecule has 0 aromatic carbocycles. The Balaban J connectivity index is 1.80. The van der Waals surface area contributed by atoms with Crippen molar-refractivity contribution < 1.29 is 0 Å². The lowest BCUT2D eigenvalue weighted by atomic mass is 10.1. The molecule has 1 aromatic heterocycles. The second-order valence-electron chi connectivity index (χ2n) is 5.00. The molecule has 1 fully saturated rings. The molecule has 1 aromatic rings. The minimum absolute atomic E-state index is 0.474. The van der Waals surface area contributed by atoms with Crippen molar-refractivity contribution in [3.63, 3.8) is 0 Å². The van der Waals surface area contributed by atoms with Crippen molar-refractivity contribution in [3.8, 4) is 0 Å². The van der Waals surface area contributed by atoms with E-state index in [2.05, 4.69) is 35.9 Å². The number of rotatable bonds is 1. The Labute approximate surface area is 117 Å². The molecule has 3 rings (SSSR count). The molecule has 1 saturated heterocycles. The zero-order chi connectivity index (χ0) is 12.5. The summed E-state index contributed by atoms with van der Waals surface area (Å²) in [6.45, 7) is 6.60. The summed E-state index contributed by atoms with van der Waals surface area (Å²) < 4.78 is 0. The van der Waals surface area contributed by atoms with E-state index in [0.29, 0.717) is 10.5 Å². The largest absolute Gasteiger partial charge is 0.312 e. The van der Waals surface area contributed by atoms with Crippen LogP contribution >= 0.6 is 23.5 Å². The molecule has 0 spiro atoms. The van der Waals surface area contributed by atoms with Crippen molar-refractivity contribution in [2.45, 2.75) is 42.6 Å². The van der Waals surface area contributed by atoms with E-state index in [4.69, 9.17) is 4.98 Å². The van der Waals surface area contributed by atoms with Crippen LogP contribution in [0.2, 0.25) is 0 Å². The van der Waals surface area contributed by atoms with Gasteiger partial charge in [-0.3, -0.25) is 0 Å². The monoisotopic (exact) mass is 281 g/mol. The molecular formula is C13H19N3S2. The first kappa shape index (κ1) is 12.8. The standard InChI is InChI=1S/C13H19N3S2/c1-8-9(2)18-12(7-17-8)13-15-6-10-5-14-4-3-11(10)16-13/h6,8-9,12,14H,3-5,7H2,1-2H3. The van der Waals surface area contributed by atoms with Gasteiger partial charge in [0.1, 0.15) is 5.82 Å². The summed E-state index contributed by atoms with van der Waals surface area (Å²) in [4.78, 5) is 9.40. The Bertz CT molecular complexity index is 438. The minimum atomic E-state index is 0.474. The van der Waals surface area contributed by atoms with Crippen LogP contribution in [0.15, 0.2) is 6.20 Å². The first-order valence-electron chi connectivity index (χ1n) is 6.56. The highest BCUT2D eigenvalue weighted by Gasteiger charge is 2.29. The number of fused-ring (bicyclic) bond motifs is 1. The SMILES string of the molecule is CC1SCC(c2ncc3c(n2)CCNC3)SC1C. The van der Waals surface area contributed by atoms with Gasteiger partial charge in [-0.05, 0) is 0 Å². The highest BCUT2D eigenvalue weighted by Crippen LogP contribution is 2.43. The molecule has 2 aliphatic heterocycles. The number of hydrogen-bond acceptors (Lipinski definition) is 5. The second-order valence-corrected chi connectivity index (χ2v) is 7.99. The zero-order valence-corrected chi connectivity index (χ0v) is 12.5. The van der Waals surface area contributed by atoms with Crippen LogP contribution in [0.25, 0.3) is 0 Å². The molecule has 0 radical (unpaired) electrons. The van der Waals surface area contributed by atoms with E-state index >= 15 is 0 Å². The van der Waals surface area contributed by atoms with Gasteiger partial charge < -0.3 is 5.32 Å². The van der Waals surface area contributed by atoms with E-state index in [-0.39, 0.29) is 0 Å². The predicted molar refractivity (Wildman–Crippen MR) is 79.2 cm³/mol. The molecule has 98 valence electrons. The minimum Gasteiger partial charge on any atom is -0.312 e. The summed E-state index contributed by atoms with van der Waals surface area (Å²) in [6.07, 6.45) is 3.07. The van der Waals surface area contributed by atoms with Gasteiger partial charge in [0.2, 0.25) is 0 Å². The fraction of sp³-hybridized carbons (Fsp3) is 0.692. The Morgan fingerprint density at radius 2 is 2.22 bits per heavy atom. The summed E-state index contributed by atoms with van der Waals surface area (Å²) in [7, 11) is 0. The van der Waals surface area contributed by atoms with Gasteiger partial charge in [-0.2, -0.15) is 11.8 Å². The smallest absolute Gasteiger partial charge is 0.142 e. The van der Waals surface area contributed by atoms with Crippen LogP contribution in [0.3, 0.4) is 0 Å². The highest BCUT2D eigenvalue weighted by atomic mass is 32.2. The van der Waals surface area contributed by atoms with E-state index in [1.807, 2.05) is 18.0 Å². The fourth-order valence-corrected chi connectivity index (χ4v) is 5.18. The molecule has 0 amide bonds. The Kier molecular flexibility index (Phi) is 3.82. The van der Waals surface area contributed by atoms with Crippen LogP contribution in [-0.2, 0) is 13.0 Å². The van der Waals surface area contributed by atoms with Gasteiger partial charge >= 0.3 is 0 Å². The molecule has 3 heterocycles. The lowest BCUT2D eigenvalue weighted by molar-refractivity contribution is 0.619. The van der Waals surface area contributed by atoms with Crippen LogP contribution in [0.1, 0.15) is 36.2 Å². The molecule has 3 unspecified atom stereocenters. The predicted octanol–water partition coefficient (Wildman–Crippen LogP) is 2.42. The number of nitrogens with one attached hydrogen (secondary N) is 1. The topological polar surface area (TPSA) is 37.8 Å².